The maximum atomic E-state index is 11.0. The lowest BCUT2D eigenvalue weighted by atomic mass is 10.1. The molecular weight excluding hydrogens is 188 g/mol. The second-order valence-corrected chi connectivity index (χ2v) is 4.78. The molecule has 4 nitrogen and oxygen atoms in total. The fourth-order valence-corrected chi connectivity index (χ4v) is 1.49. The maximum Gasteiger partial charge on any atom is 0.215 e. The highest BCUT2D eigenvalue weighted by Crippen LogP contribution is 2.19. The molecule has 0 bridgehead atoms. The molecule has 4 N–H and O–H groups in total. The molecular formula is C8H12N2O2S. The molecule has 0 aromatic heterocycles. The van der Waals surface area contributed by atoms with E-state index in [-0.39, 0.29) is 0 Å². The Morgan fingerprint density at radius 2 is 1.69 bits per heavy atom. The van der Waals surface area contributed by atoms with Crippen LogP contribution in [0.25, 0.3) is 0 Å². The first-order valence-corrected chi connectivity index (χ1v) is 5.39. The van der Waals surface area contributed by atoms with E-state index in [1.807, 2.05) is 0 Å². The zero-order chi connectivity index (χ0) is 10.1. The molecule has 0 radical (unpaired) electrons. The van der Waals surface area contributed by atoms with Gasteiger partial charge in [0.2, 0.25) is 10.0 Å². The summed E-state index contributed by atoms with van der Waals surface area (Å²) in [5.74, 6) is 0. The minimum Gasteiger partial charge on any atom is -0.399 e. The Morgan fingerprint density at radius 1 is 1.23 bits per heavy atom. The van der Waals surface area contributed by atoms with Crippen molar-refractivity contribution in [3.05, 3.63) is 29.8 Å². The van der Waals surface area contributed by atoms with Gasteiger partial charge in [-0.2, -0.15) is 0 Å². The van der Waals surface area contributed by atoms with E-state index in [2.05, 4.69) is 0 Å². The molecule has 13 heavy (non-hydrogen) atoms. The number of nitrogens with two attached hydrogens (primary N) is 2. The highest BCUT2D eigenvalue weighted by atomic mass is 32.2. The number of hydrogen-bond acceptors (Lipinski definition) is 3. The first-order chi connectivity index (χ1) is 5.91. The Hall–Kier alpha value is -1.07. The van der Waals surface area contributed by atoms with Gasteiger partial charge in [0.1, 0.15) is 0 Å². The van der Waals surface area contributed by atoms with Gasteiger partial charge in [0.05, 0.1) is 5.25 Å². The van der Waals surface area contributed by atoms with E-state index in [0.717, 1.165) is 0 Å². The van der Waals surface area contributed by atoms with Gasteiger partial charge < -0.3 is 5.73 Å². The maximum absolute atomic E-state index is 11.0. The molecule has 0 amide bonds. The zero-order valence-electron chi connectivity index (χ0n) is 7.27. The molecule has 1 unspecified atom stereocenters. The average Bonchev–Trinajstić information content (AvgIpc) is 2.03. The van der Waals surface area contributed by atoms with E-state index in [1.165, 1.54) is 0 Å². The standard InChI is InChI=1S/C8H12N2O2S/c1-6(13(10,11)12)7-2-4-8(9)5-3-7/h2-6H,9H2,1H3,(H2,10,11,12). The normalized spacial score (nSPS) is 14.0. The van der Waals surface area contributed by atoms with E-state index in [9.17, 15) is 8.42 Å². The number of anilines is 1. The molecule has 0 aliphatic carbocycles. The average molecular weight is 200 g/mol. The predicted octanol–water partition coefficient (Wildman–Crippen LogP) is 0.618. The Bertz CT molecular complexity index is 383. The van der Waals surface area contributed by atoms with Gasteiger partial charge in [-0.15, -0.1) is 0 Å². The van der Waals surface area contributed by atoms with Crippen molar-refractivity contribution < 1.29 is 8.42 Å². The van der Waals surface area contributed by atoms with E-state index in [0.29, 0.717) is 11.3 Å². The molecule has 1 rings (SSSR count). The molecule has 1 atom stereocenters. The van der Waals surface area contributed by atoms with Gasteiger partial charge >= 0.3 is 0 Å². The number of benzene rings is 1. The summed E-state index contributed by atoms with van der Waals surface area (Å²) in [7, 11) is -3.51. The van der Waals surface area contributed by atoms with E-state index < -0.39 is 15.3 Å². The predicted molar refractivity (Wildman–Crippen MR) is 52.4 cm³/mol. The Morgan fingerprint density at radius 3 is 2.08 bits per heavy atom. The van der Waals surface area contributed by atoms with Crippen molar-refractivity contribution in [2.45, 2.75) is 12.2 Å². The smallest absolute Gasteiger partial charge is 0.215 e. The SMILES string of the molecule is CC(c1ccc(N)cc1)S(N)(=O)=O. The number of hydrogen-bond donors (Lipinski definition) is 2. The van der Waals surface area contributed by atoms with Gasteiger partial charge in [-0.05, 0) is 24.6 Å². The van der Waals surface area contributed by atoms with Crippen LogP contribution in [0.2, 0.25) is 0 Å². The lowest BCUT2D eigenvalue weighted by molar-refractivity contribution is 0.588. The Kier molecular flexibility index (Phi) is 2.58. The first kappa shape index (κ1) is 10.0. The van der Waals surface area contributed by atoms with Crippen LogP contribution >= 0.6 is 0 Å². The van der Waals surface area contributed by atoms with Gasteiger partial charge in [0.15, 0.2) is 0 Å². The first-order valence-electron chi connectivity index (χ1n) is 3.78. The minimum atomic E-state index is -3.51. The van der Waals surface area contributed by atoms with Crippen LogP contribution in [0, 0.1) is 0 Å². The number of rotatable bonds is 2. The van der Waals surface area contributed by atoms with Crippen LogP contribution in [-0.4, -0.2) is 8.42 Å². The monoisotopic (exact) mass is 200 g/mol. The third kappa shape index (κ3) is 2.43. The molecule has 1 aromatic rings. The second kappa shape index (κ2) is 3.35. The molecule has 72 valence electrons. The summed E-state index contributed by atoms with van der Waals surface area (Å²) in [6.45, 7) is 1.54. The minimum absolute atomic E-state index is 0.602. The molecule has 5 heteroatoms. The van der Waals surface area contributed by atoms with Crippen LogP contribution in [0.4, 0.5) is 5.69 Å². The van der Waals surface area contributed by atoms with Crippen molar-refractivity contribution in [1.29, 1.82) is 0 Å². The number of primary sulfonamides is 1. The quantitative estimate of drug-likeness (QED) is 0.686. The summed E-state index contributed by atoms with van der Waals surface area (Å²) in [5, 5.41) is 4.30. The van der Waals surface area contributed by atoms with E-state index >= 15 is 0 Å². The van der Waals surface area contributed by atoms with Crippen LogP contribution in [0.1, 0.15) is 17.7 Å². The Balaban J connectivity index is 3.04. The summed E-state index contributed by atoms with van der Waals surface area (Å²) in [5.41, 5.74) is 6.71. The van der Waals surface area contributed by atoms with Crippen LogP contribution in [0.5, 0.6) is 0 Å². The van der Waals surface area contributed by atoms with Crippen molar-refractivity contribution in [2.75, 3.05) is 5.73 Å². The van der Waals surface area contributed by atoms with Crippen LogP contribution in [0.15, 0.2) is 24.3 Å². The number of nitrogen functional groups attached to an aromatic ring is 1. The fourth-order valence-electron chi connectivity index (χ4n) is 0.957. The van der Waals surface area contributed by atoms with Crippen LogP contribution < -0.4 is 10.9 Å². The zero-order valence-corrected chi connectivity index (χ0v) is 8.08. The van der Waals surface area contributed by atoms with Gasteiger partial charge in [-0.1, -0.05) is 12.1 Å². The number of sulfonamides is 1. The van der Waals surface area contributed by atoms with Gasteiger partial charge in [0.25, 0.3) is 0 Å². The summed E-state index contributed by atoms with van der Waals surface area (Å²) in [6, 6.07) is 6.61. The highest BCUT2D eigenvalue weighted by molar-refractivity contribution is 7.89. The van der Waals surface area contributed by atoms with Crippen molar-refractivity contribution in [3.63, 3.8) is 0 Å². The molecule has 0 saturated carbocycles. The lowest BCUT2D eigenvalue weighted by Crippen LogP contribution is -2.19. The third-order valence-electron chi connectivity index (χ3n) is 1.90. The molecule has 0 fully saturated rings. The van der Waals surface area contributed by atoms with E-state index in [1.54, 1.807) is 31.2 Å². The van der Waals surface area contributed by atoms with Gasteiger partial charge in [0, 0.05) is 5.69 Å². The molecule has 0 saturated heterocycles. The van der Waals surface area contributed by atoms with Crippen LogP contribution in [-0.2, 0) is 10.0 Å². The van der Waals surface area contributed by atoms with Crippen LogP contribution in [0.3, 0.4) is 0 Å². The summed E-state index contributed by atoms with van der Waals surface area (Å²) in [6.07, 6.45) is 0. The van der Waals surface area contributed by atoms with Crippen molar-refractivity contribution in [3.8, 4) is 0 Å². The van der Waals surface area contributed by atoms with Gasteiger partial charge in [-0.25, -0.2) is 13.6 Å². The molecule has 0 aliphatic heterocycles. The van der Waals surface area contributed by atoms with Gasteiger partial charge in [-0.3, -0.25) is 0 Å². The highest BCUT2D eigenvalue weighted by Gasteiger charge is 2.16. The second-order valence-electron chi connectivity index (χ2n) is 2.90. The molecule has 0 aliphatic rings. The largest absolute Gasteiger partial charge is 0.399 e. The molecule has 1 aromatic carbocycles. The molecule has 0 spiro atoms. The Labute approximate surface area is 77.6 Å². The van der Waals surface area contributed by atoms with E-state index in [4.69, 9.17) is 10.9 Å². The summed E-state index contributed by atoms with van der Waals surface area (Å²) >= 11 is 0. The fraction of sp³-hybridized carbons (Fsp3) is 0.250. The van der Waals surface area contributed by atoms with Crippen molar-refractivity contribution in [1.82, 2.24) is 0 Å². The summed E-state index contributed by atoms with van der Waals surface area (Å²) < 4.78 is 21.9. The third-order valence-corrected chi connectivity index (χ3v) is 3.16. The molecule has 0 heterocycles. The topological polar surface area (TPSA) is 86.2 Å². The lowest BCUT2D eigenvalue weighted by Gasteiger charge is -2.08. The van der Waals surface area contributed by atoms with Crippen molar-refractivity contribution >= 4 is 15.7 Å². The van der Waals surface area contributed by atoms with Crippen molar-refractivity contribution in [2.24, 2.45) is 5.14 Å². The summed E-state index contributed by atoms with van der Waals surface area (Å²) in [4.78, 5) is 0.